The van der Waals surface area contributed by atoms with E-state index in [4.69, 9.17) is 12.2 Å². The third kappa shape index (κ3) is 4.19. The van der Waals surface area contributed by atoms with Gasteiger partial charge in [0, 0.05) is 42.7 Å². The number of anilines is 1. The van der Waals surface area contributed by atoms with Gasteiger partial charge in [0.25, 0.3) is 5.91 Å². The van der Waals surface area contributed by atoms with Crippen LogP contribution in [0.2, 0.25) is 0 Å². The number of halogens is 1. The quantitative estimate of drug-likeness (QED) is 0.719. The van der Waals surface area contributed by atoms with Crippen molar-refractivity contribution in [1.82, 2.24) is 15.6 Å². The number of aromatic nitrogens is 1. The highest BCUT2D eigenvalue weighted by Gasteiger charge is 2.24. The molecule has 3 N–H and O–H groups in total. The summed E-state index contributed by atoms with van der Waals surface area (Å²) in [4.78, 5) is 16.4. The van der Waals surface area contributed by atoms with Crippen LogP contribution in [0.3, 0.4) is 0 Å². The van der Waals surface area contributed by atoms with Crippen molar-refractivity contribution in [1.29, 1.82) is 0 Å². The van der Waals surface area contributed by atoms with Gasteiger partial charge in [-0.1, -0.05) is 30.4 Å². The van der Waals surface area contributed by atoms with Gasteiger partial charge in [-0.15, -0.1) is 0 Å². The molecule has 0 radical (unpaired) electrons. The standard InChI is InChI=1S/C18H17FN4OS/c19-14-11-20-8-6-12(14)10-22-15-7-9-21-17(24)16(15)18(25)23-13-4-2-1-3-5-13/h1-6,8,11,22H,7,9-10H2,(H,21,24)(H,23,25). The Balaban J connectivity index is 1.79. The number of carbonyl (C=O) groups excluding carboxylic acids is 1. The van der Waals surface area contributed by atoms with Crippen molar-refractivity contribution in [2.24, 2.45) is 0 Å². The van der Waals surface area contributed by atoms with Crippen LogP contribution in [0.15, 0.2) is 60.1 Å². The van der Waals surface area contributed by atoms with Crippen LogP contribution in [0, 0.1) is 5.82 Å². The number of hydrogen-bond acceptors (Lipinski definition) is 4. The molecule has 2 aromatic rings. The first-order valence-electron chi connectivity index (χ1n) is 7.85. The van der Waals surface area contributed by atoms with Crippen molar-refractivity contribution >= 4 is 28.8 Å². The average molecular weight is 356 g/mol. The van der Waals surface area contributed by atoms with Crippen molar-refractivity contribution in [3.63, 3.8) is 0 Å². The lowest BCUT2D eigenvalue weighted by Gasteiger charge is -2.23. The highest BCUT2D eigenvalue weighted by Crippen LogP contribution is 2.17. The molecule has 5 nitrogen and oxygen atoms in total. The zero-order valence-electron chi connectivity index (χ0n) is 13.4. The lowest BCUT2D eigenvalue weighted by Crippen LogP contribution is -2.39. The van der Waals surface area contributed by atoms with Crippen LogP contribution in [0.1, 0.15) is 12.0 Å². The molecule has 0 aliphatic carbocycles. The van der Waals surface area contributed by atoms with Crippen LogP contribution >= 0.6 is 12.2 Å². The molecule has 0 saturated carbocycles. The fourth-order valence-corrected chi connectivity index (χ4v) is 2.87. The highest BCUT2D eigenvalue weighted by atomic mass is 32.1. The molecule has 1 aromatic carbocycles. The van der Waals surface area contributed by atoms with Crippen LogP contribution in [0.4, 0.5) is 10.1 Å². The molecule has 1 amide bonds. The number of rotatable bonds is 5. The van der Waals surface area contributed by atoms with E-state index in [-0.39, 0.29) is 18.3 Å². The highest BCUT2D eigenvalue weighted by molar-refractivity contribution is 7.81. The molecule has 2 heterocycles. The maximum atomic E-state index is 13.7. The van der Waals surface area contributed by atoms with Gasteiger partial charge < -0.3 is 16.0 Å². The Labute approximate surface area is 150 Å². The Morgan fingerprint density at radius 1 is 1.28 bits per heavy atom. The predicted octanol–water partition coefficient (Wildman–Crippen LogP) is 2.52. The normalized spacial score (nSPS) is 14.0. The first-order chi connectivity index (χ1) is 12.1. The maximum Gasteiger partial charge on any atom is 0.256 e. The van der Waals surface area contributed by atoms with E-state index < -0.39 is 0 Å². The number of para-hydroxylation sites is 1. The third-order valence-corrected chi connectivity index (χ3v) is 4.10. The lowest BCUT2D eigenvalue weighted by atomic mass is 10.1. The Hall–Kier alpha value is -2.80. The summed E-state index contributed by atoms with van der Waals surface area (Å²) in [5.41, 5.74) is 2.38. The van der Waals surface area contributed by atoms with Crippen molar-refractivity contribution < 1.29 is 9.18 Å². The molecule has 1 aromatic heterocycles. The molecule has 0 atom stereocenters. The van der Waals surface area contributed by atoms with Crippen LogP contribution in [-0.4, -0.2) is 22.4 Å². The van der Waals surface area contributed by atoms with Gasteiger partial charge in [-0.3, -0.25) is 9.78 Å². The second kappa shape index (κ2) is 7.85. The molecule has 0 unspecified atom stereocenters. The van der Waals surface area contributed by atoms with Crippen molar-refractivity contribution in [3.05, 3.63) is 71.4 Å². The van der Waals surface area contributed by atoms with Crippen LogP contribution in [0.25, 0.3) is 0 Å². The van der Waals surface area contributed by atoms with Crippen molar-refractivity contribution in [3.8, 4) is 0 Å². The predicted molar refractivity (Wildman–Crippen MR) is 98.4 cm³/mol. The number of hydrogen-bond donors (Lipinski definition) is 3. The second-order valence-electron chi connectivity index (χ2n) is 5.50. The van der Waals surface area contributed by atoms with Gasteiger partial charge in [0.2, 0.25) is 0 Å². The maximum absolute atomic E-state index is 13.7. The summed E-state index contributed by atoms with van der Waals surface area (Å²) in [5, 5.41) is 9.01. The van der Waals surface area contributed by atoms with E-state index in [1.165, 1.54) is 12.4 Å². The van der Waals surface area contributed by atoms with E-state index in [0.29, 0.717) is 34.8 Å². The van der Waals surface area contributed by atoms with Gasteiger partial charge in [-0.25, -0.2) is 4.39 Å². The summed E-state index contributed by atoms with van der Waals surface area (Å²) >= 11 is 5.41. The van der Waals surface area contributed by atoms with E-state index in [1.54, 1.807) is 6.07 Å². The van der Waals surface area contributed by atoms with Gasteiger partial charge in [0.1, 0.15) is 10.8 Å². The fourth-order valence-electron chi connectivity index (χ4n) is 2.53. The average Bonchev–Trinajstić information content (AvgIpc) is 2.62. The summed E-state index contributed by atoms with van der Waals surface area (Å²) in [5.74, 6) is -0.625. The van der Waals surface area contributed by atoms with Gasteiger partial charge in [0.05, 0.1) is 11.8 Å². The number of pyridine rings is 1. The number of amides is 1. The molecule has 0 spiro atoms. The smallest absolute Gasteiger partial charge is 0.256 e. The van der Waals surface area contributed by atoms with Gasteiger partial charge >= 0.3 is 0 Å². The van der Waals surface area contributed by atoms with E-state index in [0.717, 1.165) is 5.69 Å². The summed E-state index contributed by atoms with van der Waals surface area (Å²) in [6.45, 7) is 0.770. The SMILES string of the molecule is O=C1NCCC(NCc2ccncc2F)=C1C(=S)Nc1ccccc1. The third-order valence-electron chi connectivity index (χ3n) is 3.80. The van der Waals surface area contributed by atoms with Gasteiger partial charge in [-0.2, -0.15) is 0 Å². The topological polar surface area (TPSA) is 66.0 Å². The number of thiocarbonyl (C=S) groups is 1. The number of benzene rings is 1. The van der Waals surface area contributed by atoms with Crippen molar-refractivity contribution in [2.75, 3.05) is 11.9 Å². The molecule has 3 rings (SSSR count). The Bertz CT molecular complexity index is 823. The zero-order valence-corrected chi connectivity index (χ0v) is 14.2. The molecule has 25 heavy (non-hydrogen) atoms. The molecule has 0 saturated heterocycles. The summed E-state index contributed by atoms with van der Waals surface area (Å²) in [6.07, 6.45) is 3.30. The molecule has 0 bridgehead atoms. The minimum Gasteiger partial charge on any atom is -0.383 e. The summed E-state index contributed by atoms with van der Waals surface area (Å²) in [7, 11) is 0. The Kier molecular flexibility index (Phi) is 5.35. The molecule has 128 valence electrons. The van der Waals surface area contributed by atoms with E-state index >= 15 is 0 Å². The Morgan fingerprint density at radius 2 is 2.08 bits per heavy atom. The minimum atomic E-state index is -0.387. The van der Waals surface area contributed by atoms with Crippen LogP contribution < -0.4 is 16.0 Å². The number of nitrogens with zero attached hydrogens (tertiary/aromatic N) is 1. The summed E-state index contributed by atoms with van der Waals surface area (Å²) < 4.78 is 13.7. The molecular weight excluding hydrogens is 339 g/mol. The molecular formula is C18H17FN4OS. The van der Waals surface area contributed by atoms with Gasteiger partial charge in [0.15, 0.2) is 0 Å². The van der Waals surface area contributed by atoms with Crippen molar-refractivity contribution in [2.45, 2.75) is 13.0 Å². The monoisotopic (exact) mass is 356 g/mol. The number of nitrogens with one attached hydrogen (secondary N) is 3. The zero-order chi connectivity index (χ0) is 17.6. The number of carbonyl (C=O) groups is 1. The van der Waals surface area contributed by atoms with Gasteiger partial charge in [-0.05, 0) is 18.2 Å². The molecule has 7 heteroatoms. The summed E-state index contributed by atoms with van der Waals surface area (Å²) in [6, 6.07) is 11.0. The minimum absolute atomic E-state index is 0.239. The lowest BCUT2D eigenvalue weighted by molar-refractivity contribution is -0.117. The second-order valence-corrected chi connectivity index (χ2v) is 5.91. The molecule has 1 aliphatic rings. The van der Waals surface area contributed by atoms with E-state index in [9.17, 15) is 9.18 Å². The van der Waals surface area contributed by atoms with Crippen LogP contribution in [0.5, 0.6) is 0 Å². The van der Waals surface area contributed by atoms with E-state index in [1.807, 2.05) is 30.3 Å². The molecule has 0 fully saturated rings. The first kappa shape index (κ1) is 17.0. The largest absolute Gasteiger partial charge is 0.383 e. The molecule has 1 aliphatic heterocycles. The van der Waals surface area contributed by atoms with E-state index in [2.05, 4.69) is 20.9 Å². The first-order valence-corrected chi connectivity index (χ1v) is 8.26. The fraction of sp³-hybridized carbons (Fsp3) is 0.167. The Morgan fingerprint density at radius 3 is 2.84 bits per heavy atom. The van der Waals surface area contributed by atoms with Crippen LogP contribution in [-0.2, 0) is 11.3 Å².